The van der Waals surface area contributed by atoms with Gasteiger partial charge in [0.25, 0.3) is 5.69 Å². The van der Waals surface area contributed by atoms with Gasteiger partial charge in [-0.3, -0.25) is 20.2 Å². The minimum atomic E-state index is -0.725. The Kier molecular flexibility index (Phi) is 5.91. The highest BCUT2D eigenvalue weighted by Crippen LogP contribution is 2.21. The third-order valence-corrected chi connectivity index (χ3v) is 3.35. The van der Waals surface area contributed by atoms with Gasteiger partial charge in [-0.25, -0.2) is 4.39 Å². The minimum absolute atomic E-state index is 0.169. The molecule has 0 saturated carbocycles. The van der Waals surface area contributed by atoms with E-state index in [2.05, 4.69) is 10.6 Å². The van der Waals surface area contributed by atoms with Gasteiger partial charge in [0.2, 0.25) is 5.91 Å². The van der Waals surface area contributed by atoms with E-state index in [9.17, 15) is 19.3 Å². The maximum atomic E-state index is 13.7. The second-order valence-electron chi connectivity index (χ2n) is 5.11. The molecule has 0 bridgehead atoms. The third-order valence-electron chi connectivity index (χ3n) is 3.15. The molecule has 2 rings (SSSR count). The van der Waals surface area contributed by atoms with E-state index in [4.69, 9.17) is 12.2 Å². The smallest absolute Gasteiger partial charge is 0.271 e. The van der Waals surface area contributed by atoms with Crippen LogP contribution in [0.15, 0.2) is 48.5 Å². The molecule has 8 heteroatoms. The molecule has 2 N–H and O–H groups in total. The molecule has 2 aromatic rings. The van der Waals surface area contributed by atoms with Crippen LogP contribution in [0.25, 0.3) is 6.08 Å². The van der Waals surface area contributed by atoms with Gasteiger partial charge in [0.05, 0.1) is 10.6 Å². The number of benzene rings is 2. The van der Waals surface area contributed by atoms with E-state index in [1.165, 1.54) is 6.08 Å². The summed E-state index contributed by atoms with van der Waals surface area (Å²) in [5.41, 5.74) is 1.45. The molecular formula is C17H14FN3O3S. The third kappa shape index (κ3) is 5.47. The highest BCUT2D eigenvalue weighted by atomic mass is 32.1. The van der Waals surface area contributed by atoms with Gasteiger partial charge in [-0.1, -0.05) is 29.8 Å². The second-order valence-corrected chi connectivity index (χ2v) is 5.52. The lowest BCUT2D eigenvalue weighted by molar-refractivity contribution is -0.384. The Labute approximate surface area is 148 Å². The fraction of sp³-hybridized carbons (Fsp3) is 0.0588. The van der Waals surface area contributed by atoms with E-state index in [0.29, 0.717) is 0 Å². The predicted octanol–water partition coefficient (Wildman–Crippen LogP) is 3.57. The van der Waals surface area contributed by atoms with Crippen molar-refractivity contribution in [1.82, 2.24) is 5.32 Å². The van der Waals surface area contributed by atoms with Gasteiger partial charge in [-0.05, 0) is 36.8 Å². The molecule has 0 heterocycles. The Hall–Kier alpha value is -3.13. The van der Waals surface area contributed by atoms with Crippen molar-refractivity contribution in [2.75, 3.05) is 5.32 Å². The second kappa shape index (κ2) is 8.11. The van der Waals surface area contributed by atoms with Gasteiger partial charge >= 0.3 is 0 Å². The first-order chi connectivity index (χ1) is 11.8. The fourth-order valence-corrected chi connectivity index (χ4v) is 2.09. The van der Waals surface area contributed by atoms with Gasteiger partial charge in [-0.2, -0.15) is 0 Å². The van der Waals surface area contributed by atoms with Crippen LogP contribution in [0.2, 0.25) is 0 Å². The standard InChI is InChI=1S/C17H14FN3O3S/c1-11-2-4-12(5-3-11)6-9-16(22)20-17(25)19-15-10-13(21(23)24)7-8-14(15)18/h2-10H,1H3,(H2,19,20,22,25). The molecule has 0 fully saturated rings. The molecule has 0 aliphatic carbocycles. The van der Waals surface area contributed by atoms with Crippen LogP contribution >= 0.6 is 12.2 Å². The van der Waals surface area contributed by atoms with Gasteiger partial charge in [0.15, 0.2) is 5.11 Å². The van der Waals surface area contributed by atoms with Crippen molar-refractivity contribution >= 4 is 40.7 Å². The maximum Gasteiger partial charge on any atom is 0.271 e. The zero-order chi connectivity index (χ0) is 18.4. The summed E-state index contributed by atoms with van der Waals surface area (Å²) < 4.78 is 13.7. The molecule has 25 heavy (non-hydrogen) atoms. The maximum absolute atomic E-state index is 13.7. The molecule has 0 atom stereocenters. The first-order valence-corrected chi connectivity index (χ1v) is 7.56. The van der Waals surface area contributed by atoms with Crippen LogP contribution in [-0.2, 0) is 4.79 Å². The SMILES string of the molecule is Cc1ccc(C=CC(=O)NC(=S)Nc2cc([N+](=O)[O-])ccc2F)cc1. The van der Waals surface area contributed by atoms with E-state index >= 15 is 0 Å². The Morgan fingerprint density at radius 2 is 1.92 bits per heavy atom. The number of non-ortho nitro benzene ring substituents is 1. The number of thiocarbonyl (C=S) groups is 1. The summed E-state index contributed by atoms with van der Waals surface area (Å²) in [7, 11) is 0. The number of aryl methyl sites for hydroxylation is 1. The predicted molar refractivity (Wildman–Crippen MR) is 97.6 cm³/mol. The number of amides is 1. The van der Waals surface area contributed by atoms with E-state index in [1.807, 2.05) is 31.2 Å². The van der Waals surface area contributed by atoms with Crippen LogP contribution in [-0.4, -0.2) is 15.9 Å². The normalized spacial score (nSPS) is 10.5. The summed E-state index contributed by atoms with van der Waals surface area (Å²) in [6.07, 6.45) is 2.88. The van der Waals surface area contributed by atoms with Crippen LogP contribution in [0, 0.1) is 22.9 Å². The van der Waals surface area contributed by atoms with Crippen molar-refractivity contribution in [2.45, 2.75) is 6.92 Å². The summed E-state index contributed by atoms with van der Waals surface area (Å²) in [5, 5.41) is 15.3. The monoisotopic (exact) mass is 359 g/mol. The van der Waals surface area contributed by atoms with Crippen molar-refractivity contribution in [3.8, 4) is 0 Å². The Morgan fingerprint density at radius 3 is 2.56 bits per heavy atom. The molecule has 0 aromatic heterocycles. The molecule has 0 aliphatic heterocycles. The molecule has 0 radical (unpaired) electrons. The van der Waals surface area contributed by atoms with E-state index in [-0.39, 0.29) is 16.5 Å². The summed E-state index contributed by atoms with van der Waals surface area (Å²) in [6, 6.07) is 10.5. The number of halogens is 1. The highest BCUT2D eigenvalue weighted by molar-refractivity contribution is 7.80. The Balaban J connectivity index is 1.97. The van der Waals surface area contributed by atoms with Gasteiger partial charge in [0, 0.05) is 18.2 Å². The number of nitro groups is 1. The number of carbonyl (C=O) groups excluding carboxylic acids is 1. The van der Waals surface area contributed by atoms with Crippen LogP contribution in [0.1, 0.15) is 11.1 Å². The lowest BCUT2D eigenvalue weighted by atomic mass is 10.1. The zero-order valence-electron chi connectivity index (χ0n) is 13.2. The van der Waals surface area contributed by atoms with Crippen molar-refractivity contribution in [3.63, 3.8) is 0 Å². The number of hydrogen-bond donors (Lipinski definition) is 2. The fourth-order valence-electron chi connectivity index (χ4n) is 1.88. The molecule has 2 aromatic carbocycles. The van der Waals surface area contributed by atoms with Gasteiger partial charge in [0.1, 0.15) is 5.82 Å². The molecule has 6 nitrogen and oxygen atoms in total. The van der Waals surface area contributed by atoms with Gasteiger partial charge in [-0.15, -0.1) is 0 Å². The number of rotatable bonds is 4. The molecule has 0 spiro atoms. The Morgan fingerprint density at radius 1 is 1.24 bits per heavy atom. The topological polar surface area (TPSA) is 84.3 Å². The van der Waals surface area contributed by atoms with Gasteiger partial charge < -0.3 is 5.32 Å². The number of nitrogens with zero attached hydrogens (tertiary/aromatic N) is 1. The van der Waals surface area contributed by atoms with Crippen molar-refractivity contribution in [2.24, 2.45) is 0 Å². The van der Waals surface area contributed by atoms with E-state index < -0.39 is 16.6 Å². The first kappa shape index (κ1) is 18.2. The van der Waals surface area contributed by atoms with Crippen molar-refractivity contribution in [3.05, 3.63) is 75.6 Å². The van der Waals surface area contributed by atoms with Crippen LogP contribution in [0.4, 0.5) is 15.8 Å². The number of nitro benzene ring substituents is 1. The number of anilines is 1. The lowest BCUT2D eigenvalue weighted by Gasteiger charge is -2.08. The average Bonchev–Trinajstić information content (AvgIpc) is 2.56. The quantitative estimate of drug-likeness (QED) is 0.377. The average molecular weight is 359 g/mol. The summed E-state index contributed by atoms with van der Waals surface area (Å²) >= 11 is 4.92. The molecular weight excluding hydrogens is 345 g/mol. The number of carbonyl (C=O) groups is 1. The summed E-state index contributed by atoms with van der Waals surface area (Å²) in [4.78, 5) is 21.9. The molecule has 0 aliphatic rings. The number of nitrogens with one attached hydrogen (secondary N) is 2. The van der Waals surface area contributed by atoms with Crippen molar-refractivity contribution in [1.29, 1.82) is 0 Å². The zero-order valence-corrected chi connectivity index (χ0v) is 14.0. The first-order valence-electron chi connectivity index (χ1n) is 7.16. The summed E-state index contributed by atoms with van der Waals surface area (Å²) in [6.45, 7) is 1.96. The molecule has 0 unspecified atom stereocenters. The van der Waals surface area contributed by atoms with E-state index in [0.717, 1.165) is 29.3 Å². The molecule has 128 valence electrons. The lowest BCUT2D eigenvalue weighted by Crippen LogP contribution is -2.33. The van der Waals surface area contributed by atoms with Crippen LogP contribution in [0.5, 0.6) is 0 Å². The van der Waals surface area contributed by atoms with Crippen LogP contribution < -0.4 is 10.6 Å². The molecule has 0 saturated heterocycles. The van der Waals surface area contributed by atoms with Crippen molar-refractivity contribution < 1.29 is 14.1 Å². The summed E-state index contributed by atoms with van der Waals surface area (Å²) in [5.74, 6) is -1.23. The van der Waals surface area contributed by atoms with Crippen LogP contribution in [0.3, 0.4) is 0 Å². The van der Waals surface area contributed by atoms with E-state index in [1.54, 1.807) is 6.08 Å². The number of hydrogen-bond acceptors (Lipinski definition) is 4. The largest absolute Gasteiger partial charge is 0.330 e. The Bertz CT molecular complexity index is 851. The minimum Gasteiger partial charge on any atom is -0.330 e. The molecule has 1 amide bonds. The highest BCUT2D eigenvalue weighted by Gasteiger charge is 2.12.